The molecule has 4 heteroatoms. The number of nitrogens with zero attached hydrogens (tertiary/aromatic N) is 1. The molecule has 1 atom stereocenters. The first-order valence-electron chi connectivity index (χ1n) is 6.97. The zero-order valence-electron chi connectivity index (χ0n) is 11.4. The number of carbonyl (C=O) groups excluding carboxylic acids is 1. The third kappa shape index (κ3) is 3.27. The van der Waals surface area contributed by atoms with E-state index in [1.54, 1.807) is 0 Å². The molecule has 1 saturated heterocycles. The van der Waals surface area contributed by atoms with E-state index in [1.807, 2.05) is 4.90 Å². The van der Waals surface area contributed by atoms with Crippen LogP contribution >= 0.6 is 15.9 Å². The zero-order chi connectivity index (χ0) is 13.4. The second kappa shape index (κ2) is 5.12. The van der Waals surface area contributed by atoms with Crippen LogP contribution < -0.4 is 0 Å². The molecule has 1 amide bonds. The summed E-state index contributed by atoms with van der Waals surface area (Å²) in [6.07, 6.45) is 5.67. The molecule has 2 fully saturated rings. The fourth-order valence-corrected chi connectivity index (χ4v) is 3.57. The minimum atomic E-state index is -0.658. The third-order valence-electron chi connectivity index (χ3n) is 4.48. The molecule has 0 spiro atoms. The van der Waals surface area contributed by atoms with E-state index in [2.05, 4.69) is 29.8 Å². The van der Waals surface area contributed by atoms with Gasteiger partial charge in [0.1, 0.15) is 0 Å². The van der Waals surface area contributed by atoms with Crippen LogP contribution in [0.4, 0.5) is 0 Å². The molecule has 0 bridgehead atoms. The molecule has 3 nitrogen and oxygen atoms in total. The normalized spacial score (nSPS) is 31.4. The van der Waals surface area contributed by atoms with Gasteiger partial charge in [0.05, 0.1) is 10.4 Å². The number of alkyl halides is 1. The molecule has 2 rings (SSSR count). The molecule has 1 saturated carbocycles. The first kappa shape index (κ1) is 14.3. The van der Waals surface area contributed by atoms with E-state index in [-0.39, 0.29) is 10.7 Å². The minimum absolute atomic E-state index is 0.0464. The van der Waals surface area contributed by atoms with Crippen molar-refractivity contribution in [1.82, 2.24) is 4.90 Å². The van der Waals surface area contributed by atoms with Crippen LogP contribution in [0.3, 0.4) is 0 Å². The smallest absolute Gasteiger partial charge is 0.236 e. The quantitative estimate of drug-likeness (QED) is 0.795. The number of hydrogen-bond donors (Lipinski definition) is 1. The molecule has 0 aromatic carbocycles. The van der Waals surface area contributed by atoms with Gasteiger partial charge in [-0.2, -0.15) is 0 Å². The molecule has 1 aliphatic carbocycles. The van der Waals surface area contributed by atoms with Gasteiger partial charge in [-0.3, -0.25) is 4.79 Å². The monoisotopic (exact) mass is 317 g/mol. The Morgan fingerprint density at radius 3 is 2.56 bits per heavy atom. The number of aliphatic hydroxyl groups is 1. The first-order valence-corrected chi connectivity index (χ1v) is 7.88. The molecule has 1 N–H and O–H groups in total. The number of rotatable bonds is 2. The van der Waals surface area contributed by atoms with Crippen molar-refractivity contribution in [3.63, 3.8) is 0 Å². The maximum atomic E-state index is 12.0. The molecule has 0 radical (unpaired) electrons. The second-order valence-electron chi connectivity index (χ2n) is 6.76. The van der Waals surface area contributed by atoms with E-state index in [1.165, 1.54) is 0 Å². The number of amides is 1. The largest absolute Gasteiger partial charge is 0.388 e. The minimum Gasteiger partial charge on any atom is -0.388 e. The van der Waals surface area contributed by atoms with E-state index < -0.39 is 5.60 Å². The Morgan fingerprint density at radius 1 is 1.33 bits per heavy atom. The van der Waals surface area contributed by atoms with Crippen LogP contribution in [0.2, 0.25) is 0 Å². The molecule has 18 heavy (non-hydrogen) atoms. The van der Waals surface area contributed by atoms with Crippen molar-refractivity contribution in [2.75, 3.05) is 13.1 Å². The lowest BCUT2D eigenvalue weighted by molar-refractivity contribution is -0.138. The van der Waals surface area contributed by atoms with Gasteiger partial charge in [-0.05, 0) is 43.9 Å². The molecule has 1 heterocycles. The standard InChI is InChI=1S/C14H24BrNO2/c1-13(2)5-7-14(18,8-6-13)10-16-9-3-4-11(15)12(16)17/h11,18H,3-10H2,1-2H3. The molecular formula is C14H24BrNO2. The van der Waals surface area contributed by atoms with Gasteiger partial charge >= 0.3 is 0 Å². The summed E-state index contributed by atoms with van der Waals surface area (Å²) in [5.41, 5.74) is -0.314. The Hall–Kier alpha value is -0.0900. The van der Waals surface area contributed by atoms with Crippen LogP contribution in [-0.4, -0.2) is 39.4 Å². The average Bonchev–Trinajstić information content (AvgIpc) is 2.30. The maximum Gasteiger partial charge on any atom is 0.236 e. The molecule has 104 valence electrons. The van der Waals surface area contributed by atoms with Crippen LogP contribution in [-0.2, 0) is 4.79 Å². The van der Waals surface area contributed by atoms with Crippen molar-refractivity contribution in [1.29, 1.82) is 0 Å². The number of carbonyl (C=O) groups is 1. The van der Waals surface area contributed by atoms with E-state index in [4.69, 9.17) is 0 Å². The van der Waals surface area contributed by atoms with Gasteiger partial charge in [-0.1, -0.05) is 29.8 Å². The Labute approximate surface area is 118 Å². The van der Waals surface area contributed by atoms with Crippen LogP contribution in [0.1, 0.15) is 52.4 Å². The Morgan fingerprint density at radius 2 is 1.94 bits per heavy atom. The summed E-state index contributed by atoms with van der Waals surface area (Å²) in [4.78, 5) is 13.8. The highest BCUT2D eigenvalue weighted by atomic mass is 79.9. The fourth-order valence-electron chi connectivity index (χ4n) is 2.96. The molecule has 0 aromatic rings. The number of hydrogen-bond acceptors (Lipinski definition) is 2. The van der Waals surface area contributed by atoms with Gasteiger partial charge < -0.3 is 10.0 Å². The summed E-state index contributed by atoms with van der Waals surface area (Å²) in [6, 6.07) is 0. The average molecular weight is 318 g/mol. The Bertz CT molecular complexity index is 320. The van der Waals surface area contributed by atoms with Crippen LogP contribution in [0.25, 0.3) is 0 Å². The van der Waals surface area contributed by atoms with E-state index in [9.17, 15) is 9.90 Å². The van der Waals surface area contributed by atoms with Crippen molar-refractivity contribution in [2.24, 2.45) is 5.41 Å². The maximum absolute atomic E-state index is 12.0. The van der Waals surface area contributed by atoms with E-state index >= 15 is 0 Å². The van der Waals surface area contributed by atoms with E-state index in [0.29, 0.717) is 12.0 Å². The van der Waals surface area contributed by atoms with Gasteiger partial charge in [0.15, 0.2) is 0 Å². The fraction of sp³-hybridized carbons (Fsp3) is 0.929. The molecule has 1 aliphatic heterocycles. The third-order valence-corrected chi connectivity index (χ3v) is 5.33. The number of halogens is 1. The number of likely N-dealkylation sites (tertiary alicyclic amines) is 1. The SMILES string of the molecule is CC1(C)CCC(O)(CN2CCCC(Br)C2=O)CC1. The van der Waals surface area contributed by atoms with Crippen LogP contribution in [0, 0.1) is 5.41 Å². The number of β-amino-alcohol motifs (C(OH)–C–C–N with tert-alkyl or cyclic N) is 1. The lowest BCUT2D eigenvalue weighted by Gasteiger charge is -2.43. The summed E-state index contributed by atoms with van der Waals surface area (Å²) < 4.78 is 0. The first-order chi connectivity index (χ1) is 8.31. The summed E-state index contributed by atoms with van der Waals surface area (Å²) in [5.74, 6) is 0.152. The van der Waals surface area contributed by atoms with Gasteiger partial charge in [-0.15, -0.1) is 0 Å². The summed E-state index contributed by atoms with van der Waals surface area (Å²) in [7, 11) is 0. The molecule has 2 aliphatic rings. The van der Waals surface area contributed by atoms with Crippen molar-refractivity contribution in [3.05, 3.63) is 0 Å². The van der Waals surface area contributed by atoms with Crippen LogP contribution in [0.5, 0.6) is 0 Å². The Balaban J connectivity index is 1.94. The predicted molar refractivity (Wildman–Crippen MR) is 75.7 cm³/mol. The van der Waals surface area contributed by atoms with Gasteiger partial charge in [0.2, 0.25) is 5.91 Å². The van der Waals surface area contributed by atoms with E-state index in [0.717, 1.165) is 45.1 Å². The summed E-state index contributed by atoms with van der Waals surface area (Å²) >= 11 is 3.42. The summed E-state index contributed by atoms with van der Waals surface area (Å²) in [5, 5.41) is 10.7. The van der Waals surface area contributed by atoms with Crippen LogP contribution in [0.15, 0.2) is 0 Å². The zero-order valence-corrected chi connectivity index (χ0v) is 13.0. The highest BCUT2D eigenvalue weighted by molar-refractivity contribution is 9.10. The lowest BCUT2D eigenvalue weighted by atomic mass is 9.71. The van der Waals surface area contributed by atoms with Crippen molar-refractivity contribution in [2.45, 2.75) is 62.8 Å². The topological polar surface area (TPSA) is 40.5 Å². The molecule has 0 aromatic heterocycles. The van der Waals surface area contributed by atoms with Gasteiger partial charge in [0, 0.05) is 13.1 Å². The second-order valence-corrected chi connectivity index (χ2v) is 7.86. The highest BCUT2D eigenvalue weighted by Crippen LogP contribution is 2.40. The van der Waals surface area contributed by atoms with Crippen molar-refractivity contribution < 1.29 is 9.90 Å². The van der Waals surface area contributed by atoms with Crippen molar-refractivity contribution in [3.8, 4) is 0 Å². The predicted octanol–water partition coefficient (Wildman–Crippen LogP) is 2.70. The van der Waals surface area contributed by atoms with Gasteiger partial charge in [0.25, 0.3) is 0 Å². The molecule has 1 unspecified atom stereocenters. The lowest BCUT2D eigenvalue weighted by Crippen LogP contribution is -2.52. The number of piperidine rings is 1. The molecular weight excluding hydrogens is 294 g/mol. The van der Waals surface area contributed by atoms with Crippen molar-refractivity contribution >= 4 is 21.8 Å². The Kier molecular flexibility index (Phi) is 4.07. The van der Waals surface area contributed by atoms with Gasteiger partial charge in [-0.25, -0.2) is 0 Å². The summed E-state index contributed by atoms with van der Waals surface area (Å²) in [6.45, 7) is 5.83. The highest BCUT2D eigenvalue weighted by Gasteiger charge is 2.40.